The third-order valence-corrected chi connectivity index (χ3v) is 5.35. The van der Waals surface area contributed by atoms with E-state index in [-0.39, 0.29) is 10.4 Å². The summed E-state index contributed by atoms with van der Waals surface area (Å²) in [6.45, 7) is 0. The first-order chi connectivity index (χ1) is 9.30. The number of hydrogen-bond donors (Lipinski definition) is 1. The molecule has 0 radical (unpaired) electrons. The molecule has 1 fully saturated rings. The number of imidazole rings is 1. The van der Waals surface area contributed by atoms with Crippen LogP contribution in [-0.4, -0.2) is 29.8 Å². The van der Waals surface area contributed by atoms with Crippen LogP contribution < -0.4 is 5.73 Å². The molecule has 20 heavy (non-hydrogen) atoms. The van der Waals surface area contributed by atoms with Gasteiger partial charge in [-0.3, -0.25) is 0 Å². The minimum atomic E-state index is -3.28. The lowest BCUT2D eigenvalue weighted by molar-refractivity contribution is 0.242. The molecule has 6 heteroatoms. The molecule has 2 N–H and O–H groups in total. The number of nitrogens with zero attached hydrogens (tertiary/aromatic N) is 2. The van der Waals surface area contributed by atoms with E-state index in [0.717, 1.165) is 30.6 Å². The monoisotopic (exact) mass is 293 g/mol. The van der Waals surface area contributed by atoms with Crippen molar-refractivity contribution in [2.75, 3.05) is 6.26 Å². The molecule has 1 heterocycles. The first-order valence-corrected chi connectivity index (χ1v) is 8.63. The minimum absolute atomic E-state index is 0.166. The molecule has 1 aromatic heterocycles. The van der Waals surface area contributed by atoms with Crippen LogP contribution in [0.4, 0.5) is 0 Å². The minimum Gasteiger partial charge on any atom is -0.331 e. The van der Waals surface area contributed by atoms with Crippen LogP contribution in [0.1, 0.15) is 25.1 Å². The van der Waals surface area contributed by atoms with Crippen LogP contribution in [0.3, 0.4) is 0 Å². The van der Waals surface area contributed by atoms with Crippen LogP contribution in [0.25, 0.3) is 11.0 Å². The molecule has 0 bridgehead atoms. The van der Waals surface area contributed by atoms with Crippen molar-refractivity contribution in [3.05, 3.63) is 24.0 Å². The zero-order chi connectivity index (χ0) is 14.5. The molecule has 2 aromatic rings. The van der Waals surface area contributed by atoms with Crippen LogP contribution in [0.15, 0.2) is 23.1 Å². The van der Waals surface area contributed by atoms with E-state index in [2.05, 4.69) is 4.98 Å². The average Bonchev–Trinajstić information content (AvgIpc) is 2.63. The van der Waals surface area contributed by atoms with Gasteiger partial charge < -0.3 is 10.3 Å². The number of fused-ring (bicyclic) bond motifs is 1. The second-order valence-electron chi connectivity index (χ2n) is 5.88. The Morgan fingerprint density at radius 2 is 2.10 bits per heavy atom. The molecule has 0 atom stereocenters. The van der Waals surface area contributed by atoms with Gasteiger partial charge in [0.1, 0.15) is 11.3 Å². The summed E-state index contributed by atoms with van der Waals surface area (Å²) in [5.74, 6) is 0.860. The molecule has 1 aromatic carbocycles. The molecule has 0 unspecified atom stereocenters. The molecule has 0 spiro atoms. The topological polar surface area (TPSA) is 78.0 Å². The number of aromatic nitrogens is 2. The predicted molar refractivity (Wildman–Crippen MR) is 78.3 cm³/mol. The van der Waals surface area contributed by atoms with Crippen LogP contribution in [0.5, 0.6) is 0 Å². The molecule has 0 amide bonds. The van der Waals surface area contributed by atoms with E-state index in [9.17, 15) is 8.42 Å². The Kier molecular flexibility index (Phi) is 2.92. The summed E-state index contributed by atoms with van der Waals surface area (Å²) in [7, 11) is -1.36. The lowest BCUT2D eigenvalue weighted by atomic mass is 9.75. The fraction of sp³-hybridized carbons (Fsp3) is 0.500. The van der Waals surface area contributed by atoms with Crippen molar-refractivity contribution in [1.29, 1.82) is 0 Å². The highest BCUT2D eigenvalue weighted by atomic mass is 32.2. The Labute approximate surface area is 118 Å². The smallest absolute Gasteiger partial charge is 0.177 e. The van der Waals surface area contributed by atoms with Gasteiger partial charge in [-0.2, -0.15) is 0 Å². The molecule has 0 aliphatic heterocycles. The molecule has 5 nitrogen and oxygen atoms in total. The van der Waals surface area contributed by atoms with E-state index in [0.29, 0.717) is 11.9 Å². The van der Waals surface area contributed by atoms with Crippen LogP contribution >= 0.6 is 0 Å². The van der Waals surface area contributed by atoms with E-state index in [1.165, 1.54) is 6.26 Å². The summed E-state index contributed by atoms with van der Waals surface area (Å²) < 4.78 is 25.6. The molecule has 0 saturated heterocycles. The largest absolute Gasteiger partial charge is 0.331 e. The van der Waals surface area contributed by atoms with Gasteiger partial charge in [0.05, 0.1) is 10.4 Å². The molecule has 1 aliphatic rings. The van der Waals surface area contributed by atoms with E-state index < -0.39 is 9.84 Å². The van der Waals surface area contributed by atoms with Crippen LogP contribution in [0.2, 0.25) is 0 Å². The Balaban J connectivity index is 2.14. The maximum atomic E-state index is 11.8. The highest BCUT2D eigenvalue weighted by Gasteiger charge is 2.34. The Bertz CT molecular complexity index is 773. The third kappa shape index (κ3) is 2.13. The van der Waals surface area contributed by atoms with E-state index in [1.54, 1.807) is 12.1 Å². The number of para-hydroxylation sites is 1. The summed E-state index contributed by atoms with van der Waals surface area (Å²) in [4.78, 5) is 4.84. The fourth-order valence-corrected chi connectivity index (χ4v) is 3.64. The number of aryl methyl sites for hydroxylation is 1. The highest BCUT2D eigenvalue weighted by molar-refractivity contribution is 7.91. The number of rotatable bonds is 3. The lowest BCUT2D eigenvalue weighted by Gasteiger charge is -2.37. The van der Waals surface area contributed by atoms with Gasteiger partial charge in [0.2, 0.25) is 0 Å². The van der Waals surface area contributed by atoms with Crippen molar-refractivity contribution in [3.8, 4) is 0 Å². The van der Waals surface area contributed by atoms with Gasteiger partial charge >= 0.3 is 0 Å². The first-order valence-electron chi connectivity index (χ1n) is 6.73. The molecule has 3 rings (SSSR count). The summed E-state index contributed by atoms with van der Waals surface area (Å²) in [5, 5.41) is 0. The van der Waals surface area contributed by atoms with Gasteiger partial charge in [-0.15, -0.1) is 0 Å². The second kappa shape index (κ2) is 4.30. The molecule has 1 aliphatic carbocycles. The Hall–Kier alpha value is -1.40. The maximum absolute atomic E-state index is 11.8. The van der Waals surface area contributed by atoms with Gasteiger partial charge in [-0.05, 0) is 31.4 Å². The number of hydrogen-bond acceptors (Lipinski definition) is 4. The fourth-order valence-electron chi connectivity index (χ4n) is 2.82. The van der Waals surface area contributed by atoms with Crippen molar-refractivity contribution in [3.63, 3.8) is 0 Å². The maximum Gasteiger partial charge on any atom is 0.177 e. The molecule has 1 saturated carbocycles. The average molecular weight is 293 g/mol. The predicted octanol–water partition coefficient (Wildman–Crippen LogP) is 1.40. The number of sulfone groups is 1. The van der Waals surface area contributed by atoms with Crippen molar-refractivity contribution < 1.29 is 8.42 Å². The van der Waals surface area contributed by atoms with E-state index in [1.807, 2.05) is 17.7 Å². The molecule has 108 valence electrons. The molecular weight excluding hydrogens is 274 g/mol. The van der Waals surface area contributed by atoms with Crippen molar-refractivity contribution in [1.82, 2.24) is 9.55 Å². The zero-order valence-electron chi connectivity index (χ0n) is 11.8. The van der Waals surface area contributed by atoms with Crippen molar-refractivity contribution in [2.45, 2.75) is 36.1 Å². The standard InChI is InChI=1S/C14H19N3O2S/c1-17-10-5-3-6-11(20(2,18)19)13(10)16-12(17)9-14(15)7-4-8-14/h3,5-6H,4,7-9,15H2,1-2H3. The summed E-state index contributed by atoms with van der Waals surface area (Å²) in [6.07, 6.45) is 5.09. The summed E-state index contributed by atoms with van der Waals surface area (Å²) in [6, 6.07) is 5.26. The van der Waals surface area contributed by atoms with Crippen LogP contribution in [0, 0.1) is 0 Å². The van der Waals surface area contributed by atoms with Gasteiger partial charge in [-0.1, -0.05) is 6.07 Å². The van der Waals surface area contributed by atoms with E-state index in [4.69, 9.17) is 5.73 Å². The third-order valence-electron chi connectivity index (χ3n) is 4.23. The Morgan fingerprint density at radius 3 is 2.65 bits per heavy atom. The van der Waals surface area contributed by atoms with Crippen molar-refractivity contribution >= 4 is 20.9 Å². The Morgan fingerprint density at radius 1 is 1.40 bits per heavy atom. The number of benzene rings is 1. The van der Waals surface area contributed by atoms with Gasteiger partial charge in [0.15, 0.2) is 9.84 Å². The summed E-state index contributed by atoms with van der Waals surface area (Å²) >= 11 is 0. The van der Waals surface area contributed by atoms with Crippen molar-refractivity contribution in [2.24, 2.45) is 12.8 Å². The van der Waals surface area contributed by atoms with Gasteiger partial charge in [0, 0.05) is 25.3 Å². The SMILES string of the molecule is Cn1c(CC2(N)CCC2)nc2c(S(C)(=O)=O)cccc21. The molecular formula is C14H19N3O2S. The normalized spacial score (nSPS) is 18.1. The highest BCUT2D eigenvalue weighted by Crippen LogP contribution is 2.33. The van der Waals surface area contributed by atoms with Gasteiger partial charge in [0.25, 0.3) is 0 Å². The quantitative estimate of drug-likeness (QED) is 0.928. The lowest BCUT2D eigenvalue weighted by Crippen LogP contribution is -2.48. The second-order valence-corrected chi connectivity index (χ2v) is 7.86. The van der Waals surface area contributed by atoms with E-state index >= 15 is 0 Å². The summed E-state index contributed by atoms with van der Waals surface area (Å²) in [5.41, 5.74) is 7.50. The van der Waals surface area contributed by atoms with Gasteiger partial charge in [-0.25, -0.2) is 13.4 Å². The van der Waals surface area contributed by atoms with Crippen LogP contribution in [-0.2, 0) is 23.3 Å². The zero-order valence-corrected chi connectivity index (χ0v) is 12.6. The number of nitrogens with two attached hydrogens (primary N) is 1. The first kappa shape index (κ1) is 13.6.